The molecule has 0 saturated carbocycles. The normalized spacial score (nSPS) is 15.6. The fourth-order valence-electron chi connectivity index (χ4n) is 3.82. The summed E-state index contributed by atoms with van der Waals surface area (Å²) in [5.41, 5.74) is 1.63. The van der Waals surface area contributed by atoms with Gasteiger partial charge in [-0.2, -0.15) is 0 Å². The molecule has 1 aliphatic rings. The molecule has 1 fully saturated rings. The van der Waals surface area contributed by atoms with Gasteiger partial charge in [-0.3, -0.25) is 9.59 Å². The number of hydrogen-bond acceptors (Lipinski definition) is 4. The highest BCUT2D eigenvalue weighted by atomic mass is 16.5. The molecule has 148 valence electrons. The Morgan fingerprint density at radius 1 is 1.11 bits per heavy atom. The molecule has 0 spiro atoms. The maximum absolute atomic E-state index is 13.0. The number of carbonyl (C=O) groups is 2. The van der Waals surface area contributed by atoms with Crippen molar-refractivity contribution in [2.45, 2.75) is 18.9 Å². The van der Waals surface area contributed by atoms with Crippen LogP contribution in [0.1, 0.15) is 34.8 Å². The van der Waals surface area contributed by atoms with E-state index in [9.17, 15) is 9.59 Å². The quantitative estimate of drug-likeness (QED) is 0.748. The number of ether oxygens (including phenoxy) is 2. The molecule has 2 amide bonds. The monoisotopic (exact) mass is 382 g/mol. The van der Waals surface area contributed by atoms with Crippen LogP contribution in [0, 0.1) is 5.92 Å². The SMILES string of the molecule is COc1ccc(C(=O)N2CCC(C(NC=O)c3ccccc3)CC2)c(OC)c1. The maximum atomic E-state index is 13.0. The number of benzene rings is 2. The van der Waals surface area contributed by atoms with E-state index in [1.165, 1.54) is 0 Å². The molecule has 1 aliphatic heterocycles. The van der Waals surface area contributed by atoms with E-state index in [4.69, 9.17) is 9.47 Å². The Balaban J connectivity index is 1.69. The van der Waals surface area contributed by atoms with Gasteiger partial charge in [-0.15, -0.1) is 0 Å². The molecular weight excluding hydrogens is 356 g/mol. The third-order valence-electron chi connectivity index (χ3n) is 5.34. The summed E-state index contributed by atoms with van der Waals surface area (Å²) in [6, 6.07) is 15.2. The van der Waals surface area contributed by atoms with Crippen LogP contribution in [0.4, 0.5) is 0 Å². The van der Waals surface area contributed by atoms with E-state index in [0.717, 1.165) is 24.8 Å². The summed E-state index contributed by atoms with van der Waals surface area (Å²) in [4.78, 5) is 25.9. The summed E-state index contributed by atoms with van der Waals surface area (Å²) in [5, 5.41) is 2.96. The van der Waals surface area contributed by atoms with Crippen LogP contribution in [-0.4, -0.2) is 44.5 Å². The third-order valence-corrected chi connectivity index (χ3v) is 5.34. The highest BCUT2D eigenvalue weighted by molar-refractivity contribution is 5.97. The van der Waals surface area contributed by atoms with Gasteiger partial charge < -0.3 is 19.7 Å². The van der Waals surface area contributed by atoms with Crippen molar-refractivity contribution in [2.75, 3.05) is 27.3 Å². The van der Waals surface area contributed by atoms with Gasteiger partial charge in [0.25, 0.3) is 5.91 Å². The lowest BCUT2D eigenvalue weighted by molar-refractivity contribution is -0.110. The van der Waals surface area contributed by atoms with Gasteiger partial charge in [0.15, 0.2) is 0 Å². The van der Waals surface area contributed by atoms with E-state index in [1.54, 1.807) is 32.4 Å². The molecule has 3 rings (SSSR count). The minimum absolute atomic E-state index is 0.0357. The predicted molar refractivity (Wildman–Crippen MR) is 107 cm³/mol. The van der Waals surface area contributed by atoms with Crippen molar-refractivity contribution in [2.24, 2.45) is 5.92 Å². The first-order chi connectivity index (χ1) is 13.7. The first kappa shape index (κ1) is 19.7. The topological polar surface area (TPSA) is 67.9 Å². The Labute approximate surface area is 165 Å². The number of likely N-dealkylation sites (tertiary alicyclic amines) is 1. The van der Waals surface area contributed by atoms with Gasteiger partial charge in [-0.25, -0.2) is 0 Å². The largest absolute Gasteiger partial charge is 0.497 e. The summed E-state index contributed by atoms with van der Waals surface area (Å²) in [6.45, 7) is 1.28. The molecule has 1 heterocycles. The number of nitrogens with zero attached hydrogens (tertiary/aromatic N) is 1. The van der Waals surface area contributed by atoms with Crippen LogP contribution in [0.2, 0.25) is 0 Å². The van der Waals surface area contributed by atoms with Crippen LogP contribution < -0.4 is 14.8 Å². The van der Waals surface area contributed by atoms with Crippen LogP contribution >= 0.6 is 0 Å². The van der Waals surface area contributed by atoms with E-state index in [-0.39, 0.29) is 17.9 Å². The van der Waals surface area contributed by atoms with Gasteiger partial charge in [0, 0.05) is 19.2 Å². The van der Waals surface area contributed by atoms with E-state index >= 15 is 0 Å². The molecule has 0 bridgehead atoms. The molecule has 2 aromatic carbocycles. The highest BCUT2D eigenvalue weighted by Gasteiger charge is 2.30. The smallest absolute Gasteiger partial charge is 0.257 e. The van der Waals surface area contributed by atoms with E-state index in [2.05, 4.69) is 5.32 Å². The van der Waals surface area contributed by atoms with E-state index in [0.29, 0.717) is 30.2 Å². The lowest BCUT2D eigenvalue weighted by Crippen LogP contribution is -2.42. The Kier molecular flexibility index (Phi) is 6.53. The number of carbonyl (C=O) groups excluding carboxylic acids is 2. The van der Waals surface area contributed by atoms with Crippen molar-refractivity contribution < 1.29 is 19.1 Å². The molecule has 1 unspecified atom stereocenters. The van der Waals surface area contributed by atoms with Gasteiger partial charge in [-0.05, 0) is 36.5 Å². The van der Waals surface area contributed by atoms with Crippen LogP contribution in [-0.2, 0) is 4.79 Å². The number of amides is 2. The van der Waals surface area contributed by atoms with Gasteiger partial charge in [0.1, 0.15) is 11.5 Å². The average Bonchev–Trinajstić information content (AvgIpc) is 2.77. The Hall–Kier alpha value is -3.02. The van der Waals surface area contributed by atoms with Crippen LogP contribution in [0.15, 0.2) is 48.5 Å². The first-order valence-corrected chi connectivity index (χ1v) is 9.44. The highest BCUT2D eigenvalue weighted by Crippen LogP contribution is 2.32. The summed E-state index contributed by atoms with van der Waals surface area (Å²) in [5.74, 6) is 1.40. The molecule has 28 heavy (non-hydrogen) atoms. The number of piperidine rings is 1. The van der Waals surface area contributed by atoms with Crippen molar-refractivity contribution in [3.63, 3.8) is 0 Å². The average molecular weight is 382 g/mol. The van der Waals surface area contributed by atoms with Crippen LogP contribution in [0.3, 0.4) is 0 Å². The van der Waals surface area contributed by atoms with Gasteiger partial charge in [0.05, 0.1) is 25.8 Å². The van der Waals surface area contributed by atoms with Gasteiger partial charge >= 0.3 is 0 Å². The Morgan fingerprint density at radius 2 is 1.82 bits per heavy atom. The van der Waals surface area contributed by atoms with Crippen LogP contribution in [0.5, 0.6) is 11.5 Å². The molecule has 1 atom stereocenters. The van der Waals surface area contributed by atoms with Crippen molar-refractivity contribution >= 4 is 12.3 Å². The number of rotatable bonds is 7. The van der Waals surface area contributed by atoms with Gasteiger partial charge in [-0.1, -0.05) is 30.3 Å². The van der Waals surface area contributed by atoms with Crippen molar-refractivity contribution in [1.29, 1.82) is 0 Å². The predicted octanol–water partition coefficient (Wildman–Crippen LogP) is 3.04. The zero-order valence-electron chi connectivity index (χ0n) is 16.3. The molecule has 1 saturated heterocycles. The molecular formula is C22H26N2O4. The lowest BCUT2D eigenvalue weighted by Gasteiger charge is -2.36. The second-order valence-corrected chi connectivity index (χ2v) is 6.87. The van der Waals surface area contributed by atoms with Crippen molar-refractivity contribution in [3.05, 3.63) is 59.7 Å². The minimum Gasteiger partial charge on any atom is -0.497 e. The van der Waals surface area contributed by atoms with Crippen molar-refractivity contribution in [3.8, 4) is 11.5 Å². The van der Waals surface area contributed by atoms with Gasteiger partial charge in [0.2, 0.25) is 6.41 Å². The molecule has 0 aliphatic carbocycles. The zero-order chi connectivity index (χ0) is 19.9. The molecule has 0 aromatic heterocycles. The lowest BCUT2D eigenvalue weighted by atomic mass is 9.85. The summed E-state index contributed by atoms with van der Waals surface area (Å²) in [7, 11) is 3.13. The third kappa shape index (κ3) is 4.27. The zero-order valence-corrected chi connectivity index (χ0v) is 16.3. The maximum Gasteiger partial charge on any atom is 0.257 e. The second kappa shape index (κ2) is 9.26. The Bertz CT molecular complexity index is 801. The van der Waals surface area contributed by atoms with E-state index in [1.807, 2.05) is 35.2 Å². The summed E-state index contributed by atoms with van der Waals surface area (Å²) >= 11 is 0. The molecule has 6 nitrogen and oxygen atoms in total. The molecule has 1 N–H and O–H groups in total. The molecule has 6 heteroatoms. The Morgan fingerprint density at radius 3 is 2.43 bits per heavy atom. The number of methoxy groups -OCH3 is 2. The minimum atomic E-state index is -0.0439. The molecule has 2 aromatic rings. The fraction of sp³-hybridized carbons (Fsp3) is 0.364. The van der Waals surface area contributed by atoms with E-state index < -0.39 is 0 Å². The second-order valence-electron chi connectivity index (χ2n) is 6.87. The molecule has 0 radical (unpaired) electrons. The fourth-order valence-corrected chi connectivity index (χ4v) is 3.82. The summed E-state index contributed by atoms with van der Waals surface area (Å²) in [6.07, 6.45) is 2.41. The summed E-state index contributed by atoms with van der Waals surface area (Å²) < 4.78 is 10.6. The standard InChI is InChI=1S/C22H26N2O4/c1-27-18-8-9-19(20(14-18)28-2)22(26)24-12-10-17(11-13-24)21(23-15-25)16-6-4-3-5-7-16/h3-9,14-15,17,21H,10-13H2,1-2H3,(H,23,25). The number of hydrogen-bond donors (Lipinski definition) is 1. The van der Waals surface area contributed by atoms with Crippen molar-refractivity contribution in [1.82, 2.24) is 10.2 Å². The first-order valence-electron chi connectivity index (χ1n) is 9.44. The number of nitrogens with one attached hydrogen (secondary N) is 1. The van der Waals surface area contributed by atoms with Crippen LogP contribution in [0.25, 0.3) is 0 Å².